The molecule has 0 amide bonds. The van der Waals surface area contributed by atoms with Crippen LogP contribution in [-0.2, 0) is 10.9 Å². The van der Waals surface area contributed by atoms with Crippen molar-refractivity contribution in [2.75, 3.05) is 12.8 Å². The molecule has 3 nitrogen and oxygen atoms in total. The molecule has 0 fully saturated rings. The molecule has 0 saturated heterocycles. The zero-order valence-electron chi connectivity index (χ0n) is 8.06. The number of carbonyl (C=O) groups is 1. The van der Waals surface area contributed by atoms with Gasteiger partial charge in [-0.05, 0) is 12.1 Å². The van der Waals surface area contributed by atoms with E-state index in [1.807, 2.05) is 0 Å². The van der Waals surface area contributed by atoms with Gasteiger partial charge in [0.05, 0.1) is 18.2 Å². The number of ether oxygens (including phenoxy) is 1. The molecule has 16 heavy (non-hydrogen) atoms. The van der Waals surface area contributed by atoms with Crippen LogP contribution >= 0.6 is 15.9 Å². The second kappa shape index (κ2) is 4.32. The molecule has 1 aromatic rings. The minimum absolute atomic E-state index is 0.0418. The molecule has 0 unspecified atom stereocenters. The number of anilines is 1. The van der Waals surface area contributed by atoms with E-state index < -0.39 is 23.4 Å². The van der Waals surface area contributed by atoms with Crippen LogP contribution in [0.15, 0.2) is 16.6 Å². The van der Waals surface area contributed by atoms with Gasteiger partial charge < -0.3 is 10.5 Å². The molecule has 1 rings (SSSR count). The van der Waals surface area contributed by atoms with Gasteiger partial charge in [-0.1, -0.05) is 15.9 Å². The fourth-order valence-corrected chi connectivity index (χ4v) is 1.86. The molecule has 88 valence electrons. The van der Waals surface area contributed by atoms with Gasteiger partial charge in [-0.2, -0.15) is 13.2 Å². The number of halogens is 4. The number of hydrogen-bond acceptors (Lipinski definition) is 3. The van der Waals surface area contributed by atoms with Crippen molar-refractivity contribution < 1.29 is 22.7 Å². The van der Waals surface area contributed by atoms with E-state index in [1.54, 1.807) is 0 Å². The van der Waals surface area contributed by atoms with E-state index >= 15 is 0 Å². The molecule has 0 radical (unpaired) electrons. The average molecular weight is 298 g/mol. The number of esters is 1. The minimum atomic E-state index is -4.57. The van der Waals surface area contributed by atoms with Crippen molar-refractivity contribution in [2.45, 2.75) is 6.18 Å². The monoisotopic (exact) mass is 297 g/mol. The summed E-state index contributed by atoms with van der Waals surface area (Å²) in [5.74, 6) is -0.749. The standard InChI is InChI=1S/C9H7BrF3NO2/c1-16-8(15)4-2-5(10)7(6(14)3-4)9(11,12)13/h2-3H,14H2,1H3. The number of benzene rings is 1. The third-order valence-corrected chi connectivity index (χ3v) is 2.45. The largest absolute Gasteiger partial charge is 0.465 e. The molecule has 7 heteroatoms. The van der Waals surface area contributed by atoms with Crippen molar-refractivity contribution in [3.63, 3.8) is 0 Å². The Kier molecular flexibility index (Phi) is 3.47. The van der Waals surface area contributed by atoms with E-state index in [9.17, 15) is 18.0 Å². The maximum Gasteiger partial charge on any atom is 0.419 e. The van der Waals surface area contributed by atoms with Crippen molar-refractivity contribution in [1.29, 1.82) is 0 Å². The van der Waals surface area contributed by atoms with E-state index in [0.717, 1.165) is 19.2 Å². The average Bonchev–Trinajstić information content (AvgIpc) is 2.13. The minimum Gasteiger partial charge on any atom is -0.465 e. The van der Waals surface area contributed by atoms with Crippen molar-refractivity contribution >= 4 is 27.6 Å². The maximum atomic E-state index is 12.5. The summed E-state index contributed by atoms with van der Waals surface area (Å²) < 4.78 is 41.6. The summed E-state index contributed by atoms with van der Waals surface area (Å²) >= 11 is 2.72. The van der Waals surface area contributed by atoms with Gasteiger partial charge in [0.25, 0.3) is 0 Å². The summed E-state index contributed by atoms with van der Waals surface area (Å²) in [6.07, 6.45) is -4.57. The highest BCUT2D eigenvalue weighted by molar-refractivity contribution is 9.10. The second-order valence-corrected chi connectivity index (χ2v) is 3.77. The van der Waals surface area contributed by atoms with Crippen molar-refractivity contribution in [2.24, 2.45) is 0 Å². The second-order valence-electron chi connectivity index (χ2n) is 2.91. The van der Waals surface area contributed by atoms with Gasteiger partial charge in [0.1, 0.15) is 0 Å². The summed E-state index contributed by atoms with van der Waals surface area (Å²) in [4.78, 5) is 11.1. The van der Waals surface area contributed by atoms with E-state index in [1.165, 1.54) is 0 Å². The Morgan fingerprint density at radius 1 is 1.44 bits per heavy atom. The normalized spacial score (nSPS) is 11.3. The summed E-state index contributed by atoms with van der Waals surface area (Å²) in [5, 5.41) is 0. The van der Waals surface area contributed by atoms with Crippen LogP contribution in [0, 0.1) is 0 Å². The van der Waals surface area contributed by atoms with Crippen LogP contribution in [0.25, 0.3) is 0 Å². The first-order valence-corrected chi connectivity index (χ1v) is 4.81. The molecular weight excluding hydrogens is 291 g/mol. The molecule has 0 atom stereocenters. The fourth-order valence-electron chi connectivity index (χ4n) is 1.16. The lowest BCUT2D eigenvalue weighted by Crippen LogP contribution is -2.12. The molecule has 0 saturated carbocycles. The van der Waals surface area contributed by atoms with Gasteiger partial charge in [0, 0.05) is 10.2 Å². The van der Waals surface area contributed by atoms with Crippen LogP contribution in [0.4, 0.5) is 18.9 Å². The number of nitrogens with two attached hydrogens (primary N) is 1. The van der Waals surface area contributed by atoms with Crippen LogP contribution in [0.1, 0.15) is 15.9 Å². The number of carbonyl (C=O) groups excluding carboxylic acids is 1. The lowest BCUT2D eigenvalue weighted by Gasteiger charge is -2.13. The highest BCUT2D eigenvalue weighted by Gasteiger charge is 2.36. The molecule has 0 aliphatic rings. The Hall–Kier alpha value is -1.24. The lowest BCUT2D eigenvalue weighted by molar-refractivity contribution is -0.137. The van der Waals surface area contributed by atoms with E-state index in [-0.39, 0.29) is 10.0 Å². The van der Waals surface area contributed by atoms with Gasteiger partial charge in [-0.25, -0.2) is 4.79 Å². The summed E-state index contributed by atoms with van der Waals surface area (Å²) in [5.41, 5.74) is 3.68. The first kappa shape index (κ1) is 12.8. The molecule has 0 heterocycles. The Bertz CT molecular complexity index is 408. The summed E-state index contributed by atoms with van der Waals surface area (Å²) in [6, 6.07) is 1.95. The van der Waals surface area contributed by atoms with Crippen LogP contribution < -0.4 is 5.73 Å². The van der Waals surface area contributed by atoms with Gasteiger partial charge in [-0.15, -0.1) is 0 Å². The van der Waals surface area contributed by atoms with E-state index in [2.05, 4.69) is 20.7 Å². The Labute approximate surface area is 97.5 Å². The van der Waals surface area contributed by atoms with Crippen molar-refractivity contribution in [3.05, 3.63) is 27.7 Å². The highest BCUT2D eigenvalue weighted by Crippen LogP contribution is 2.39. The Morgan fingerprint density at radius 3 is 2.38 bits per heavy atom. The van der Waals surface area contributed by atoms with Gasteiger partial charge in [-0.3, -0.25) is 0 Å². The fraction of sp³-hybridized carbons (Fsp3) is 0.222. The van der Waals surface area contributed by atoms with Crippen molar-refractivity contribution in [1.82, 2.24) is 0 Å². The first-order valence-electron chi connectivity index (χ1n) is 4.02. The SMILES string of the molecule is COC(=O)c1cc(N)c(C(F)(F)F)c(Br)c1. The lowest BCUT2D eigenvalue weighted by atomic mass is 10.1. The number of rotatable bonds is 1. The summed E-state index contributed by atoms with van der Waals surface area (Å²) in [6.45, 7) is 0. The van der Waals surface area contributed by atoms with Crippen LogP contribution in [0.5, 0.6) is 0 Å². The molecule has 0 aliphatic carbocycles. The molecule has 1 aromatic carbocycles. The predicted molar refractivity (Wildman–Crippen MR) is 54.9 cm³/mol. The topological polar surface area (TPSA) is 52.3 Å². The van der Waals surface area contributed by atoms with Gasteiger partial charge in [0.15, 0.2) is 0 Å². The van der Waals surface area contributed by atoms with Gasteiger partial charge >= 0.3 is 12.1 Å². The molecular formula is C9H7BrF3NO2. The Balaban J connectivity index is 3.34. The Morgan fingerprint density at radius 2 is 2.00 bits per heavy atom. The van der Waals surface area contributed by atoms with Crippen LogP contribution in [0.3, 0.4) is 0 Å². The molecule has 0 aliphatic heterocycles. The van der Waals surface area contributed by atoms with Crippen LogP contribution in [-0.4, -0.2) is 13.1 Å². The van der Waals surface area contributed by atoms with Crippen molar-refractivity contribution in [3.8, 4) is 0 Å². The number of methoxy groups -OCH3 is 1. The van der Waals surface area contributed by atoms with E-state index in [4.69, 9.17) is 5.73 Å². The third-order valence-electron chi connectivity index (χ3n) is 1.83. The highest BCUT2D eigenvalue weighted by atomic mass is 79.9. The quantitative estimate of drug-likeness (QED) is 0.640. The van der Waals surface area contributed by atoms with E-state index in [0.29, 0.717) is 0 Å². The number of nitrogen functional groups attached to an aromatic ring is 1. The summed E-state index contributed by atoms with van der Waals surface area (Å²) in [7, 11) is 1.13. The zero-order valence-corrected chi connectivity index (χ0v) is 9.65. The first-order chi connectivity index (χ1) is 7.27. The molecule has 2 N–H and O–H groups in total. The van der Waals surface area contributed by atoms with Crippen LogP contribution in [0.2, 0.25) is 0 Å². The van der Waals surface area contributed by atoms with Gasteiger partial charge in [0.2, 0.25) is 0 Å². The molecule has 0 spiro atoms. The molecule has 0 bridgehead atoms. The third kappa shape index (κ3) is 2.46. The predicted octanol–water partition coefficient (Wildman–Crippen LogP) is 2.84. The zero-order chi connectivity index (χ0) is 12.5. The number of hydrogen-bond donors (Lipinski definition) is 1. The number of alkyl halides is 3. The molecule has 0 aromatic heterocycles. The maximum absolute atomic E-state index is 12.5. The smallest absolute Gasteiger partial charge is 0.419 e.